The van der Waals surface area contributed by atoms with E-state index in [2.05, 4.69) is 31.3 Å². The third kappa shape index (κ3) is 54.7. The molecule has 11 heteroatoms. The molecule has 1 fully saturated rings. The maximum atomic E-state index is 13.1. The number of aliphatic hydroxyl groups excluding tert-OH is 5. The van der Waals surface area contributed by atoms with Crippen LogP contribution in [0.3, 0.4) is 0 Å². The van der Waals surface area contributed by atoms with Crippen LogP contribution in [-0.4, -0.2) is 100 Å². The number of hydrogen-bond acceptors (Lipinski definition) is 10. The van der Waals surface area contributed by atoms with Crippen molar-refractivity contribution < 1.29 is 49.3 Å². The number of carbonyl (C=O) groups excluding carboxylic acids is 2. The lowest BCUT2D eigenvalue weighted by molar-refractivity contribution is -0.302. The summed E-state index contributed by atoms with van der Waals surface area (Å²) in [5, 5.41) is 54.5. The van der Waals surface area contributed by atoms with Crippen molar-refractivity contribution in [2.24, 2.45) is 0 Å². The second kappa shape index (κ2) is 66.6. The maximum absolute atomic E-state index is 13.1. The highest BCUT2D eigenvalue weighted by atomic mass is 16.7. The van der Waals surface area contributed by atoms with Crippen molar-refractivity contribution in [1.82, 2.24) is 5.32 Å². The Labute approximate surface area is 543 Å². The van der Waals surface area contributed by atoms with Gasteiger partial charge in [0.05, 0.1) is 32.0 Å². The van der Waals surface area contributed by atoms with E-state index < -0.39 is 49.5 Å². The van der Waals surface area contributed by atoms with E-state index in [1.165, 1.54) is 315 Å². The molecule has 1 aliphatic heterocycles. The van der Waals surface area contributed by atoms with E-state index in [9.17, 15) is 35.1 Å². The van der Waals surface area contributed by atoms with Crippen molar-refractivity contribution in [2.45, 2.75) is 436 Å². The lowest BCUT2D eigenvalue weighted by Crippen LogP contribution is -2.60. The Morgan fingerprint density at radius 3 is 1.09 bits per heavy atom. The second-order valence-electron chi connectivity index (χ2n) is 27.1. The number of rotatable bonds is 69. The summed E-state index contributed by atoms with van der Waals surface area (Å²) in [7, 11) is 0. The monoisotopic (exact) mass is 1250 g/mol. The third-order valence-corrected chi connectivity index (χ3v) is 18.6. The number of nitrogens with one attached hydrogen (secondary N) is 1. The molecule has 0 aromatic heterocycles. The predicted molar refractivity (Wildman–Crippen MR) is 371 cm³/mol. The number of allylic oxidation sites excluding steroid dienone is 3. The summed E-state index contributed by atoms with van der Waals surface area (Å²) in [6.45, 7) is 4.38. The van der Waals surface area contributed by atoms with Gasteiger partial charge in [-0.2, -0.15) is 0 Å². The van der Waals surface area contributed by atoms with Crippen LogP contribution in [0.15, 0.2) is 24.3 Å². The average molecular weight is 1250 g/mol. The average Bonchev–Trinajstić information content (AvgIpc) is 2.02. The first-order valence-corrected chi connectivity index (χ1v) is 38.6. The zero-order valence-corrected chi connectivity index (χ0v) is 58.0. The molecule has 1 heterocycles. The van der Waals surface area contributed by atoms with Gasteiger partial charge in [0.2, 0.25) is 5.91 Å². The van der Waals surface area contributed by atoms with E-state index in [0.29, 0.717) is 19.4 Å². The molecule has 0 aromatic carbocycles. The van der Waals surface area contributed by atoms with E-state index in [1.807, 2.05) is 6.08 Å². The smallest absolute Gasteiger partial charge is 0.305 e. The van der Waals surface area contributed by atoms with Gasteiger partial charge in [-0.1, -0.05) is 346 Å². The van der Waals surface area contributed by atoms with Crippen molar-refractivity contribution in [2.75, 3.05) is 19.8 Å². The summed E-state index contributed by atoms with van der Waals surface area (Å²) in [4.78, 5) is 25.1. The number of hydrogen-bond donors (Lipinski definition) is 6. The highest BCUT2D eigenvalue weighted by Gasteiger charge is 2.44. The normalized spacial score (nSPS) is 17.8. The Morgan fingerprint density at radius 1 is 0.409 bits per heavy atom. The number of unbranched alkanes of at least 4 members (excludes halogenated alkanes) is 53. The van der Waals surface area contributed by atoms with Crippen molar-refractivity contribution in [3.8, 4) is 0 Å². The molecule has 7 atom stereocenters. The van der Waals surface area contributed by atoms with Gasteiger partial charge >= 0.3 is 5.97 Å². The molecule has 1 saturated heterocycles. The molecule has 0 aromatic rings. The molecule has 0 bridgehead atoms. The van der Waals surface area contributed by atoms with E-state index in [4.69, 9.17) is 14.2 Å². The van der Waals surface area contributed by atoms with Crippen LogP contribution in [0.1, 0.15) is 393 Å². The molecule has 0 radical (unpaired) electrons. The van der Waals surface area contributed by atoms with Gasteiger partial charge in [0, 0.05) is 12.8 Å². The molecule has 1 aliphatic rings. The molecule has 0 saturated carbocycles. The minimum Gasteiger partial charge on any atom is -0.466 e. The highest BCUT2D eigenvalue weighted by molar-refractivity contribution is 5.76. The Hall–Kier alpha value is -1.86. The van der Waals surface area contributed by atoms with Gasteiger partial charge in [-0.05, 0) is 57.8 Å². The molecule has 88 heavy (non-hydrogen) atoms. The molecule has 1 rings (SSSR count). The molecular weight excluding hydrogens is 1100 g/mol. The minimum absolute atomic E-state index is 0.0166. The van der Waals surface area contributed by atoms with Gasteiger partial charge in [0.25, 0.3) is 0 Å². The topological polar surface area (TPSA) is 175 Å². The Bertz CT molecular complexity index is 1510. The molecule has 7 unspecified atom stereocenters. The standard InChI is InChI=1S/C77H147NO10/c1-3-5-7-9-11-13-15-45-49-53-57-61-65-73(82)86-66-62-58-54-50-46-42-40-38-36-34-32-30-28-26-24-22-20-18-16-17-19-21-23-25-27-29-31-33-35-37-39-41-44-48-52-56-60-64-72(81)78-69(68-87-77-76(85)75(84)74(83)71(67-79)88-77)70(80)63-59-55-51-47-43-14-12-10-8-6-4-2/h16,18,59,63,69-71,74-77,79-80,83-85H,3-15,17,19-58,60-62,64-68H2,1-2H3,(H,78,81)/b18-16-,63-59+. The summed E-state index contributed by atoms with van der Waals surface area (Å²) in [5.41, 5.74) is 0. The lowest BCUT2D eigenvalue weighted by atomic mass is 9.99. The molecular formula is C77H147NO10. The summed E-state index contributed by atoms with van der Waals surface area (Å²) < 4.78 is 16.7. The Kier molecular flexibility index (Phi) is 63.7. The van der Waals surface area contributed by atoms with Gasteiger partial charge in [0.1, 0.15) is 24.4 Å². The summed E-state index contributed by atoms with van der Waals surface area (Å²) >= 11 is 0. The van der Waals surface area contributed by atoms with Crippen molar-refractivity contribution in [3.63, 3.8) is 0 Å². The quantitative estimate of drug-likeness (QED) is 0.0195. The third-order valence-electron chi connectivity index (χ3n) is 18.6. The van der Waals surface area contributed by atoms with E-state index >= 15 is 0 Å². The van der Waals surface area contributed by atoms with Gasteiger partial charge in [0.15, 0.2) is 6.29 Å². The fraction of sp³-hybridized carbons (Fsp3) is 0.922. The summed E-state index contributed by atoms with van der Waals surface area (Å²) in [5.74, 6) is -0.160. The minimum atomic E-state index is -1.57. The summed E-state index contributed by atoms with van der Waals surface area (Å²) in [6, 6.07) is -0.806. The zero-order valence-electron chi connectivity index (χ0n) is 58.0. The first-order valence-electron chi connectivity index (χ1n) is 38.6. The second-order valence-corrected chi connectivity index (χ2v) is 27.1. The van der Waals surface area contributed by atoms with E-state index in [-0.39, 0.29) is 18.5 Å². The predicted octanol–water partition coefficient (Wildman–Crippen LogP) is 20.4. The summed E-state index contributed by atoms with van der Waals surface area (Å²) in [6.07, 6.45) is 74.9. The Balaban J connectivity index is 1.89. The van der Waals surface area contributed by atoms with Crippen LogP contribution in [0.2, 0.25) is 0 Å². The van der Waals surface area contributed by atoms with Crippen molar-refractivity contribution >= 4 is 11.9 Å². The highest BCUT2D eigenvalue weighted by Crippen LogP contribution is 2.24. The van der Waals surface area contributed by atoms with Gasteiger partial charge in [-0.15, -0.1) is 0 Å². The zero-order chi connectivity index (χ0) is 63.7. The van der Waals surface area contributed by atoms with Gasteiger partial charge in [-0.3, -0.25) is 9.59 Å². The first kappa shape index (κ1) is 84.2. The van der Waals surface area contributed by atoms with Crippen LogP contribution >= 0.6 is 0 Å². The van der Waals surface area contributed by atoms with Crippen LogP contribution in [0, 0.1) is 0 Å². The fourth-order valence-electron chi connectivity index (χ4n) is 12.5. The van der Waals surface area contributed by atoms with Gasteiger partial charge < -0.3 is 45.1 Å². The molecule has 0 aliphatic carbocycles. The van der Waals surface area contributed by atoms with E-state index in [1.54, 1.807) is 6.08 Å². The SMILES string of the molecule is CCCCCCCCCCC/C=C/C(O)C(COC1OC(CO)C(O)C(O)C1O)NC(=O)CCCCCCCCCCCCCCCCCCC/C=C\CCCCCCCCCCCCCCCCCCOC(=O)CCCCCCCCCCCCCC. The molecule has 11 nitrogen and oxygen atoms in total. The van der Waals surface area contributed by atoms with Crippen molar-refractivity contribution in [1.29, 1.82) is 0 Å². The molecule has 520 valence electrons. The largest absolute Gasteiger partial charge is 0.466 e. The first-order chi connectivity index (χ1) is 43.2. The van der Waals surface area contributed by atoms with Crippen LogP contribution < -0.4 is 5.32 Å². The molecule has 0 spiro atoms. The molecule has 1 amide bonds. The van der Waals surface area contributed by atoms with Crippen LogP contribution in [0.4, 0.5) is 0 Å². The van der Waals surface area contributed by atoms with Gasteiger partial charge in [-0.25, -0.2) is 0 Å². The fourth-order valence-corrected chi connectivity index (χ4v) is 12.5. The van der Waals surface area contributed by atoms with Crippen molar-refractivity contribution in [3.05, 3.63) is 24.3 Å². The maximum Gasteiger partial charge on any atom is 0.305 e. The van der Waals surface area contributed by atoms with Crippen LogP contribution in [0.5, 0.6) is 0 Å². The van der Waals surface area contributed by atoms with Crippen LogP contribution in [-0.2, 0) is 23.8 Å². The number of aliphatic hydroxyl groups is 5. The number of amides is 1. The van der Waals surface area contributed by atoms with E-state index in [0.717, 1.165) is 51.4 Å². The number of ether oxygens (including phenoxy) is 3. The van der Waals surface area contributed by atoms with Crippen LogP contribution in [0.25, 0.3) is 0 Å². The molecule has 6 N–H and O–H groups in total. The lowest BCUT2D eigenvalue weighted by Gasteiger charge is -2.40. The Morgan fingerprint density at radius 2 is 0.727 bits per heavy atom. The number of carbonyl (C=O) groups is 2. The number of esters is 1.